The van der Waals surface area contributed by atoms with Gasteiger partial charge in [-0.25, -0.2) is 0 Å². The van der Waals surface area contributed by atoms with Gasteiger partial charge in [0, 0.05) is 11.8 Å². The van der Waals surface area contributed by atoms with E-state index in [1.54, 1.807) is 6.08 Å². The molecule has 4 saturated carbocycles. The van der Waals surface area contributed by atoms with E-state index in [0.29, 0.717) is 18.6 Å². The van der Waals surface area contributed by atoms with Crippen LogP contribution < -0.4 is 0 Å². The maximum Gasteiger partial charge on any atom is 0.140 e. The van der Waals surface area contributed by atoms with Crippen molar-refractivity contribution in [3.8, 4) is 6.07 Å². The predicted molar refractivity (Wildman–Crippen MR) is 74.1 cm³/mol. The number of hydrogen-bond donors (Lipinski definition) is 0. The van der Waals surface area contributed by atoms with Crippen LogP contribution in [0.5, 0.6) is 0 Å². The van der Waals surface area contributed by atoms with E-state index < -0.39 is 0 Å². The Morgan fingerprint density at radius 2 is 1.79 bits per heavy atom. The van der Waals surface area contributed by atoms with Gasteiger partial charge in [-0.3, -0.25) is 4.79 Å². The summed E-state index contributed by atoms with van der Waals surface area (Å²) in [7, 11) is 0. The Balaban J connectivity index is 1.72. The summed E-state index contributed by atoms with van der Waals surface area (Å²) in [6.45, 7) is 3.69. The van der Waals surface area contributed by atoms with E-state index in [2.05, 4.69) is 12.6 Å². The molecule has 0 aromatic carbocycles. The number of Topliss-reactive ketones (excluding diaryl/α,β-unsaturated/α-hetero) is 1. The van der Waals surface area contributed by atoms with Gasteiger partial charge in [0.05, 0.1) is 12.0 Å². The van der Waals surface area contributed by atoms with Crippen LogP contribution in [-0.4, -0.2) is 5.78 Å². The minimum Gasteiger partial charge on any atom is -0.299 e. The molecule has 0 radical (unpaired) electrons. The number of nitrogens with zero attached hydrogens (tertiary/aromatic N) is 1. The quantitative estimate of drug-likeness (QED) is 0.701. The zero-order chi connectivity index (χ0) is 13.5. The van der Waals surface area contributed by atoms with Crippen LogP contribution >= 0.6 is 0 Å². The summed E-state index contributed by atoms with van der Waals surface area (Å²) < 4.78 is 0. The first-order chi connectivity index (χ1) is 9.15. The predicted octanol–water partition coefficient (Wildman–Crippen LogP) is 3.88. The van der Waals surface area contributed by atoms with Gasteiger partial charge < -0.3 is 0 Å². The van der Waals surface area contributed by atoms with E-state index in [4.69, 9.17) is 5.26 Å². The first-order valence-corrected chi connectivity index (χ1v) is 7.69. The Labute approximate surface area is 115 Å². The summed E-state index contributed by atoms with van der Waals surface area (Å²) in [6, 6.07) is 2.27. The van der Waals surface area contributed by atoms with Crippen molar-refractivity contribution < 1.29 is 4.79 Å². The maximum atomic E-state index is 12.8. The van der Waals surface area contributed by atoms with Gasteiger partial charge in [-0.05, 0) is 62.7 Å². The van der Waals surface area contributed by atoms with Crippen LogP contribution in [0.25, 0.3) is 0 Å². The second kappa shape index (κ2) is 4.78. The molecule has 4 aliphatic carbocycles. The topological polar surface area (TPSA) is 40.9 Å². The van der Waals surface area contributed by atoms with Crippen molar-refractivity contribution in [2.75, 3.05) is 0 Å². The van der Waals surface area contributed by atoms with E-state index in [0.717, 1.165) is 37.0 Å². The van der Waals surface area contributed by atoms with E-state index in [-0.39, 0.29) is 11.3 Å². The van der Waals surface area contributed by atoms with Gasteiger partial charge in [0.15, 0.2) is 0 Å². The SMILES string of the molecule is C=CCC(C#N)CC(=O)C12CC3CC(CC(C3)C1)C2. The molecule has 2 heteroatoms. The fraction of sp³-hybridized carbons (Fsp3) is 0.765. The second-order valence-electron chi connectivity index (χ2n) is 7.18. The van der Waals surface area contributed by atoms with Gasteiger partial charge in [0.1, 0.15) is 5.78 Å². The summed E-state index contributed by atoms with van der Waals surface area (Å²) in [6.07, 6.45) is 10.3. The highest BCUT2D eigenvalue weighted by atomic mass is 16.1. The maximum absolute atomic E-state index is 12.8. The fourth-order valence-electron chi connectivity index (χ4n) is 5.28. The molecule has 4 fully saturated rings. The number of rotatable bonds is 5. The fourth-order valence-corrected chi connectivity index (χ4v) is 5.28. The molecule has 1 atom stereocenters. The van der Waals surface area contributed by atoms with Crippen LogP contribution in [0.2, 0.25) is 0 Å². The molecular formula is C17H23NO. The number of allylic oxidation sites excluding steroid dienone is 1. The zero-order valence-electron chi connectivity index (χ0n) is 11.6. The minimum atomic E-state index is -0.155. The van der Waals surface area contributed by atoms with Crippen molar-refractivity contribution in [2.45, 2.75) is 51.4 Å². The minimum absolute atomic E-state index is 0.0367. The van der Waals surface area contributed by atoms with Crippen LogP contribution in [0.1, 0.15) is 51.4 Å². The Hall–Kier alpha value is -1.10. The van der Waals surface area contributed by atoms with E-state index >= 15 is 0 Å². The number of ketones is 1. The largest absolute Gasteiger partial charge is 0.299 e. The zero-order valence-corrected chi connectivity index (χ0v) is 11.6. The van der Waals surface area contributed by atoms with E-state index in [1.165, 1.54) is 19.3 Å². The molecule has 0 aromatic rings. The van der Waals surface area contributed by atoms with Crippen LogP contribution in [0.15, 0.2) is 12.7 Å². The number of nitriles is 1. The monoisotopic (exact) mass is 257 g/mol. The van der Waals surface area contributed by atoms with Gasteiger partial charge in [-0.15, -0.1) is 6.58 Å². The van der Waals surface area contributed by atoms with Crippen LogP contribution in [0, 0.1) is 40.4 Å². The highest BCUT2D eigenvalue weighted by molar-refractivity contribution is 5.85. The molecular weight excluding hydrogens is 234 g/mol. The van der Waals surface area contributed by atoms with Gasteiger partial charge >= 0.3 is 0 Å². The molecule has 0 aromatic heterocycles. The van der Waals surface area contributed by atoms with Crippen molar-refractivity contribution >= 4 is 5.78 Å². The highest BCUT2D eigenvalue weighted by Crippen LogP contribution is 2.60. The van der Waals surface area contributed by atoms with Crippen LogP contribution in [0.3, 0.4) is 0 Å². The molecule has 0 heterocycles. The molecule has 1 unspecified atom stereocenters. The van der Waals surface area contributed by atoms with Crippen molar-refractivity contribution in [1.82, 2.24) is 0 Å². The molecule has 4 bridgehead atoms. The van der Waals surface area contributed by atoms with Gasteiger partial charge in [0.2, 0.25) is 0 Å². The molecule has 2 nitrogen and oxygen atoms in total. The lowest BCUT2D eigenvalue weighted by atomic mass is 9.48. The third kappa shape index (κ3) is 2.24. The van der Waals surface area contributed by atoms with Crippen molar-refractivity contribution in [3.63, 3.8) is 0 Å². The first kappa shape index (κ1) is 12.9. The van der Waals surface area contributed by atoms with Crippen molar-refractivity contribution in [1.29, 1.82) is 5.26 Å². The third-order valence-corrected chi connectivity index (χ3v) is 5.70. The average Bonchev–Trinajstić information content (AvgIpc) is 2.36. The van der Waals surface area contributed by atoms with E-state index in [9.17, 15) is 4.79 Å². The molecule has 19 heavy (non-hydrogen) atoms. The third-order valence-electron chi connectivity index (χ3n) is 5.70. The van der Waals surface area contributed by atoms with Gasteiger partial charge in [0.25, 0.3) is 0 Å². The lowest BCUT2D eigenvalue weighted by Crippen LogP contribution is -2.50. The standard InChI is InChI=1S/C17H23NO/c1-2-3-12(11-18)7-16(19)17-8-13-4-14(9-17)6-15(5-13)10-17/h2,12-15H,1,3-10H2. The molecule has 0 spiro atoms. The Morgan fingerprint density at radius 3 is 2.21 bits per heavy atom. The summed E-state index contributed by atoms with van der Waals surface area (Å²) in [5.41, 5.74) is -0.0367. The lowest BCUT2D eigenvalue weighted by molar-refractivity contribution is -0.144. The number of hydrogen-bond acceptors (Lipinski definition) is 2. The van der Waals surface area contributed by atoms with E-state index in [1.807, 2.05) is 0 Å². The van der Waals surface area contributed by atoms with Gasteiger partial charge in [-0.2, -0.15) is 5.26 Å². The molecule has 0 amide bonds. The van der Waals surface area contributed by atoms with Crippen LogP contribution in [-0.2, 0) is 4.79 Å². The second-order valence-corrected chi connectivity index (χ2v) is 7.18. The summed E-state index contributed by atoms with van der Waals surface area (Å²) in [5, 5.41) is 9.14. The lowest BCUT2D eigenvalue weighted by Gasteiger charge is -2.56. The summed E-state index contributed by atoms with van der Waals surface area (Å²) in [4.78, 5) is 12.8. The highest BCUT2D eigenvalue weighted by Gasteiger charge is 2.54. The average molecular weight is 257 g/mol. The molecule has 4 rings (SSSR count). The molecule has 4 aliphatic rings. The van der Waals surface area contributed by atoms with Crippen LogP contribution in [0.4, 0.5) is 0 Å². The van der Waals surface area contributed by atoms with Crippen molar-refractivity contribution in [3.05, 3.63) is 12.7 Å². The Bertz CT molecular complexity index is 396. The Kier molecular flexibility index (Phi) is 3.25. The summed E-state index contributed by atoms with van der Waals surface area (Å²) >= 11 is 0. The number of carbonyl (C=O) groups excluding carboxylic acids is 1. The molecule has 102 valence electrons. The van der Waals surface area contributed by atoms with Gasteiger partial charge in [-0.1, -0.05) is 6.08 Å². The Morgan fingerprint density at radius 1 is 1.26 bits per heavy atom. The summed E-state index contributed by atoms with van der Waals surface area (Å²) in [5.74, 6) is 2.64. The van der Waals surface area contributed by atoms with Crippen molar-refractivity contribution in [2.24, 2.45) is 29.1 Å². The smallest absolute Gasteiger partial charge is 0.140 e. The normalized spacial score (nSPS) is 40.7. The molecule has 0 N–H and O–H groups in total. The molecule has 0 aliphatic heterocycles. The number of carbonyl (C=O) groups is 1. The first-order valence-electron chi connectivity index (χ1n) is 7.69. The molecule has 0 saturated heterocycles.